The first-order chi connectivity index (χ1) is 9.56. The Morgan fingerprint density at radius 3 is 2.05 bits per heavy atom. The van der Waals surface area contributed by atoms with Crippen molar-refractivity contribution in [2.45, 2.75) is 65.4 Å². The molecule has 0 aromatic heterocycles. The zero-order valence-corrected chi connectivity index (χ0v) is 13.2. The topological polar surface area (TPSA) is 20.2 Å². The Balaban J connectivity index is 1.97. The second-order valence-electron chi connectivity index (χ2n) is 6.47. The molecule has 0 saturated heterocycles. The second kappa shape index (κ2) is 7.08. The average Bonchev–Trinajstić information content (AvgIpc) is 2.46. The molecule has 0 fully saturated rings. The minimum Gasteiger partial charge on any atom is -0.393 e. The Morgan fingerprint density at radius 1 is 0.900 bits per heavy atom. The fraction of sp³-hybridized carbons (Fsp3) is 0.579. The first-order valence-electron chi connectivity index (χ1n) is 8.00. The largest absolute Gasteiger partial charge is 0.393 e. The van der Waals surface area contributed by atoms with Crippen LogP contribution < -0.4 is 0 Å². The van der Waals surface area contributed by atoms with E-state index in [9.17, 15) is 5.11 Å². The van der Waals surface area contributed by atoms with Gasteiger partial charge in [0.05, 0.1) is 6.10 Å². The number of allylic oxidation sites excluding steroid dienone is 8. The predicted molar refractivity (Wildman–Crippen MR) is 86.6 cm³/mol. The van der Waals surface area contributed by atoms with E-state index in [1.165, 1.54) is 42.4 Å². The van der Waals surface area contributed by atoms with Crippen LogP contribution in [0.15, 0.2) is 46.6 Å². The molecule has 0 amide bonds. The molecule has 0 aromatic carbocycles. The summed E-state index contributed by atoms with van der Waals surface area (Å²) < 4.78 is 0. The molecule has 0 saturated carbocycles. The van der Waals surface area contributed by atoms with Crippen LogP contribution in [-0.2, 0) is 0 Å². The Hall–Kier alpha value is -1.08. The average molecular weight is 272 g/mol. The van der Waals surface area contributed by atoms with Gasteiger partial charge in [-0.15, -0.1) is 0 Å². The lowest BCUT2D eigenvalue weighted by Crippen LogP contribution is -2.08. The van der Waals surface area contributed by atoms with Crippen LogP contribution in [-0.4, -0.2) is 11.2 Å². The fourth-order valence-electron chi connectivity index (χ4n) is 3.02. The second-order valence-corrected chi connectivity index (χ2v) is 6.47. The maximum atomic E-state index is 9.39. The van der Waals surface area contributed by atoms with Gasteiger partial charge in [0.25, 0.3) is 0 Å². The molecular weight excluding hydrogens is 244 g/mol. The standard InChI is InChI=1S/C19H28O/c1-14-4-8-18(9-5-14)19-12-10-17(11-13-19)15(2)6-7-16(3)20/h4,8,10,12,15-16,20H,5-7,9,11,13H2,1-3H3. The van der Waals surface area contributed by atoms with Gasteiger partial charge in [-0.3, -0.25) is 0 Å². The molecule has 0 aliphatic heterocycles. The smallest absolute Gasteiger partial charge is 0.0512 e. The molecule has 1 nitrogen and oxygen atoms in total. The maximum Gasteiger partial charge on any atom is 0.0512 e. The summed E-state index contributed by atoms with van der Waals surface area (Å²) in [5.74, 6) is 0.602. The Labute approximate surface area is 123 Å². The first-order valence-corrected chi connectivity index (χ1v) is 8.00. The summed E-state index contributed by atoms with van der Waals surface area (Å²) in [5.41, 5.74) is 6.11. The van der Waals surface area contributed by atoms with E-state index >= 15 is 0 Å². The van der Waals surface area contributed by atoms with E-state index in [-0.39, 0.29) is 6.10 Å². The fourth-order valence-corrected chi connectivity index (χ4v) is 3.02. The summed E-state index contributed by atoms with van der Waals surface area (Å²) in [5, 5.41) is 9.39. The van der Waals surface area contributed by atoms with Gasteiger partial charge in [0, 0.05) is 0 Å². The molecule has 2 aliphatic rings. The Bertz CT molecular complexity index is 460. The number of aliphatic hydroxyl groups is 1. The summed E-state index contributed by atoms with van der Waals surface area (Å²) >= 11 is 0. The van der Waals surface area contributed by atoms with Gasteiger partial charge >= 0.3 is 0 Å². The molecule has 0 aromatic rings. The van der Waals surface area contributed by atoms with Crippen molar-refractivity contribution in [3.05, 3.63) is 46.6 Å². The zero-order valence-electron chi connectivity index (χ0n) is 13.2. The van der Waals surface area contributed by atoms with Crippen molar-refractivity contribution in [2.24, 2.45) is 5.92 Å². The summed E-state index contributed by atoms with van der Waals surface area (Å²) in [7, 11) is 0. The van der Waals surface area contributed by atoms with Crippen LogP contribution in [0, 0.1) is 5.92 Å². The monoisotopic (exact) mass is 272 g/mol. The third-order valence-electron chi connectivity index (χ3n) is 4.60. The summed E-state index contributed by atoms with van der Waals surface area (Å²) in [6.07, 6.45) is 15.9. The van der Waals surface area contributed by atoms with Crippen molar-refractivity contribution in [1.29, 1.82) is 0 Å². The van der Waals surface area contributed by atoms with Crippen LogP contribution in [0.25, 0.3) is 0 Å². The highest BCUT2D eigenvalue weighted by Gasteiger charge is 2.16. The Kier molecular flexibility index (Phi) is 5.42. The molecule has 2 aliphatic carbocycles. The third-order valence-corrected chi connectivity index (χ3v) is 4.60. The zero-order chi connectivity index (χ0) is 14.5. The van der Waals surface area contributed by atoms with Gasteiger partial charge in [-0.2, -0.15) is 0 Å². The van der Waals surface area contributed by atoms with E-state index < -0.39 is 0 Å². The SMILES string of the molecule is CC1=CC=C(C2=CC=C(C(C)CCC(C)O)CC2)CC1. The normalized spacial score (nSPS) is 22.4. The van der Waals surface area contributed by atoms with Crippen LogP contribution in [0.3, 0.4) is 0 Å². The molecule has 110 valence electrons. The summed E-state index contributed by atoms with van der Waals surface area (Å²) in [4.78, 5) is 0. The van der Waals surface area contributed by atoms with Crippen molar-refractivity contribution in [3.8, 4) is 0 Å². The summed E-state index contributed by atoms with van der Waals surface area (Å²) in [6, 6.07) is 0. The lowest BCUT2D eigenvalue weighted by molar-refractivity contribution is 0.176. The molecular formula is C19H28O. The van der Waals surface area contributed by atoms with Gasteiger partial charge in [-0.25, -0.2) is 0 Å². The van der Waals surface area contributed by atoms with Crippen molar-refractivity contribution >= 4 is 0 Å². The molecule has 0 spiro atoms. The number of rotatable bonds is 5. The molecule has 0 bridgehead atoms. The molecule has 0 radical (unpaired) electrons. The predicted octanol–water partition coefficient (Wildman–Crippen LogP) is 5.10. The molecule has 1 heteroatoms. The van der Waals surface area contributed by atoms with Gasteiger partial charge in [0.2, 0.25) is 0 Å². The van der Waals surface area contributed by atoms with E-state index in [1.807, 2.05) is 6.92 Å². The minimum atomic E-state index is -0.171. The third kappa shape index (κ3) is 4.21. The number of hydrogen-bond donors (Lipinski definition) is 1. The van der Waals surface area contributed by atoms with Gasteiger partial charge in [0.15, 0.2) is 0 Å². The van der Waals surface area contributed by atoms with Crippen molar-refractivity contribution in [2.75, 3.05) is 0 Å². The Morgan fingerprint density at radius 2 is 1.55 bits per heavy atom. The lowest BCUT2D eigenvalue weighted by Gasteiger charge is -2.23. The molecule has 20 heavy (non-hydrogen) atoms. The van der Waals surface area contributed by atoms with Crippen molar-refractivity contribution in [1.82, 2.24) is 0 Å². The van der Waals surface area contributed by atoms with Gasteiger partial charge in [0.1, 0.15) is 0 Å². The molecule has 2 rings (SSSR count). The minimum absolute atomic E-state index is 0.171. The maximum absolute atomic E-state index is 9.39. The van der Waals surface area contributed by atoms with E-state index in [0.717, 1.165) is 12.8 Å². The highest BCUT2D eigenvalue weighted by atomic mass is 16.3. The van der Waals surface area contributed by atoms with E-state index in [1.54, 1.807) is 5.57 Å². The number of hydrogen-bond acceptors (Lipinski definition) is 1. The van der Waals surface area contributed by atoms with E-state index in [4.69, 9.17) is 0 Å². The first kappa shape index (κ1) is 15.3. The van der Waals surface area contributed by atoms with E-state index in [0.29, 0.717) is 5.92 Å². The molecule has 2 atom stereocenters. The molecule has 2 unspecified atom stereocenters. The quantitative estimate of drug-likeness (QED) is 0.738. The van der Waals surface area contributed by atoms with Gasteiger partial charge < -0.3 is 5.11 Å². The highest BCUT2D eigenvalue weighted by Crippen LogP contribution is 2.33. The van der Waals surface area contributed by atoms with Crippen LogP contribution in [0.2, 0.25) is 0 Å². The molecule has 0 heterocycles. The highest BCUT2D eigenvalue weighted by molar-refractivity contribution is 5.42. The lowest BCUT2D eigenvalue weighted by atomic mass is 9.83. The van der Waals surface area contributed by atoms with Crippen LogP contribution in [0.1, 0.15) is 59.3 Å². The van der Waals surface area contributed by atoms with Crippen LogP contribution in [0.4, 0.5) is 0 Å². The number of aliphatic hydroxyl groups excluding tert-OH is 1. The van der Waals surface area contributed by atoms with Crippen LogP contribution >= 0.6 is 0 Å². The van der Waals surface area contributed by atoms with Crippen molar-refractivity contribution in [3.63, 3.8) is 0 Å². The van der Waals surface area contributed by atoms with Crippen molar-refractivity contribution < 1.29 is 5.11 Å². The molecule has 1 N–H and O–H groups in total. The van der Waals surface area contributed by atoms with Gasteiger partial charge in [-0.1, -0.05) is 42.4 Å². The summed E-state index contributed by atoms with van der Waals surface area (Å²) in [6.45, 7) is 6.38. The van der Waals surface area contributed by atoms with Gasteiger partial charge in [-0.05, 0) is 69.4 Å². The van der Waals surface area contributed by atoms with Crippen LogP contribution in [0.5, 0.6) is 0 Å². The van der Waals surface area contributed by atoms with E-state index in [2.05, 4.69) is 38.2 Å².